The molecule has 0 amide bonds. The number of hydrogen-bond acceptors (Lipinski definition) is 5. The molecule has 5 nitrogen and oxygen atoms in total. The van der Waals surface area contributed by atoms with E-state index in [4.69, 9.17) is 18.8 Å². The molecule has 0 aliphatic rings. The molecule has 0 atom stereocenters. The van der Waals surface area contributed by atoms with Crippen molar-refractivity contribution in [2.24, 2.45) is 0 Å². The number of hydrogen-bond donors (Lipinski definition) is 1. The number of furan rings is 1. The molecule has 3 heterocycles. The quantitative estimate of drug-likeness (QED) is 0.260. The van der Waals surface area contributed by atoms with Gasteiger partial charge in [0, 0.05) is 33.5 Å². The third-order valence-electron chi connectivity index (χ3n) is 7.27. The van der Waals surface area contributed by atoms with Gasteiger partial charge < -0.3 is 13.9 Å². The van der Waals surface area contributed by atoms with Gasteiger partial charge in [-0.05, 0) is 53.6 Å². The van der Waals surface area contributed by atoms with E-state index in [0.29, 0.717) is 17.0 Å². The van der Waals surface area contributed by atoms with Crippen LogP contribution in [0.1, 0.15) is 0 Å². The van der Waals surface area contributed by atoms with Gasteiger partial charge in [-0.1, -0.05) is 66.7 Å². The van der Waals surface area contributed by atoms with Crippen molar-refractivity contribution in [2.75, 3.05) is 0 Å². The Labute approximate surface area is 222 Å². The summed E-state index contributed by atoms with van der Waals surface area (Å²) in [6.45, 7) is 0. The van der Waals surface area contributed by atoms with E-state index in [1.807, 2.05) is 60.8 Å². The van der Waals surface area contributed by atoms with Crippen molar-refractivity contribution in [3.05, 3.63) is 115 Å². The molecule has 0 radical (unpaired) electrons. The number of phenolic OH excluding ortho intramolecular Hbond substituents is 1. The fourth-order valence-corrected chi connectivity index (χ4v) is 5.49. The Bertz CT molecular complexity index is 2210. The average molecular weight is 505 g/mol. The first-order valence-corrected chi connectivity index (χ1v) is 12.7. The van der Waals surface area contributed by atoms with Crippen LogP contribution in [0.25, 0.3) is 77.6 Å². The Morgan fingerprint density at radius 2 is 1.28 bits per heavy atom. The largest absolute Gasteiger partial charge is 0.507 e. The summed E-state index contributed by atoms with van der Waals surface area (Å²) < 4.78 is 12.3. The van der Waals surface area contributed by atoms with Crippen LogP contribution in [0.4, 0.5) is 0 Å². The maximum Gasteiger partial charge on any atom is 0.231 e. The Morgan fingerprint density at radius 1 is 0.538 bits per heavy atom. The van der Waals surface area contributed by atoms with Gasteiger partial charge in [-0.25, -0.2) is 4.98 Å². The van der Waals surface area contributed by atoms with Crippen LogP contribution < -0.4 is 0 Å². The number of fused-ring (bicyclic) bond motifs is 6. The van der Waals surface area contributed by atoms with Gasteiger partial charge in [-0.15, -0.1) is 0 Å². The summed E-state index contributed by atoms with van der Waals surface area (Å²) in [6.07, 6.45) is 1.83. The Balaban J connectivity index is 1.33. The SMILES string of the molecule is Oc1ccccc1-c1nc2c(-c3cccc(-c4cc5oc6ccccc6c5c5cccnc45)c3)cccc2o1. The molecule has 8 aromatic rings. The zero-order valence-electron chi connectivity index (χ0n) is 20.6. The molecule has 5 heteroatoms. The number of pyridine rings is 1. The van der Waals surface area contributed by atoms with E-state index in [9.17, 15) is 5.11 Å². The first-order chi connectivity index (χ1) is 19.2. The molecular weight excluding hydrogens is 484 g/mol. The molecule has 0 bridgehead atoms. The van der Waals surface area contributed by atoms with Gasteiger partial charge >= 0.3 is 0 Å². The molecule has 0 aliphatic heterocycles. The molecule has 184 valence electrons. The van der Waals surface area contributed by atoms with E-state index in [-0.39, 0.29) is 5.75 Å². The summed E-state index contributed by atoms with van der Waals surface area (Å²) in [7, 11) is 0. The van der Waals surface area contributed by atoms with Gasteiger partial charge in [0.05, 0.1) is 11.1 Å². The summed E-state index contributed by atoms with van der Waals surface area (Å²) in [5, 5.41) is 13.6. The molecule has 0 aliphatic carbocycles. The number of oxazole rings is 1. The van der Waals surface area contributed by atoms with Crippen LogP contribution in [0.2, 0.25) is 0 Å². The van der Waals surface area contributed by atoms with Crippen molar-refractivity contribution < 1.29 is 13.9 Å². The molecule has 8 rings (SSSR count). The summed E-state index contributed by atoms with van der Waals surface area (Å²) in [5.74, 6) is 0.519. The van der Waals surface area contributed by atoms with Crippen molar-refractivity contribution in [1.82, 2.24) is 9.97 Å². The van der Waals surface area contributed by atoms with Crippen LogP contribution in [0.3, 0.4) is 0 Å². The van der Waals surface area contributed by atoms with Crippen LogP contribution in [-0.2, 0) is 0 Å². The summed E-state index contributed by atoms with van der Waals surface area (Å²) in [6, 6.07) is 35.6. The van der Waals surface area contributed by atoms with Gasteiger partial charge in [0.1, 0.15) is 22.4 Å². The van der Waals surface area contributed by atoms with Crippen LogP contribution in [-0.4, -0.2) is 15.1 Å². The number of para-hydroxylation sites is 3. The number of benzene rings is 5. The van der Waals surface area contributed by atoms with E-state index in [2.05, 4.69) is 36.4 Å². The van der Waals surface area contributed by atoms with Gasteiger partial charge in [0.15, 0.2) is 5.58 Å². The number of rotatable bonds is 3. The van der Waals surface area contributed by atoms with Crippen molar-refractivity contribution in [3.63, 3.8) is 0 Å². The van der Waals surface area contributed by atoms with Gasteiger partial charge in [0.2, 0.25) is 5.89 Å². The van der Waals surface area contributed by atoms with E-state index >= 15 is 0 Å². The second-order valence-electron chi connectivity index (χ2n) is 9.56. The van der Waals surface area contributed by atoms with Crippen molar-refractivity contribution in [1.29, 1.82) is 0 Å². The molecule has 0 saturated carbocycles. The monoisotopic (exact) mass is 504 g/mol. The Hall–Kier alpha value is -5.42. The lowest BCUT2D eigenvalue weighted by Gasteiger charge is -2.10. The van der Waals surface area contributed by atoms with E-state index in [0.717, 1.165) is 60.6 Å². The second-order valence-corrected chi connectivity index (χ2v) is 9.56. The summed E-state index contributed by atoms with van der Waals surface area (Å²) >= 11 is 0. The van der Waals surface area contributed by atoms with E-state index in [1.54, 1.807) is 18.2 Å². The minimum atomic E-state index is 0.132. The fraction of sp³-hybridized carbons (Fsp3) is 0. The zero-order valence-corrected chi connectivity index (χ0v) is 20.6. The predicted molar refractivity (Wildman–Crippen MR) is 155 cm³/mol. The third-order valence-corrected chi connectivity index (χ3v) is 7.27. The number of nitrogens with zero attached hydrogens (tertiary/aromatic N) is 2. The van der Waals surface area contributed by atoms with E-state index in [1.165, 1.54) is 0 Å². The first kappa shape index (κ1) is 21.6. The van der Waals surface area contributed by atoms with Gasteiger partial charge in [-0.3, -0.25) is 4.98 Å². The third kappa shape index (κ3) is 3.33. The Kier molecular flexibility index (Phi) is 4.60. The number of phenols is 1. The van der Waals surface area contributed by atoms with Gasteiger partial charge in [-0.2, -0.15) is 0 Å². The van der Waals surface area contributed by atoms with Crippen molar-refractivity contribution in [3.8, 4) is 39.5 Å². The summed E-state index contributed by atoms with van der Waals surface area (Å²) in [4.78, 5) is 9.58. The maximum absolute atomic E-state index is 10.3. The smallest absolute Gasteiger partial charge is 0.231 e. The van der Waals surface area contributed by atoms with Crippen LogP contribution in [0.15, 0.2) is 124 Å². The van der Waals surface area contributed by atoms with Crippen LogP contribution in [0, 0.1) is 0 Å². The highest BCUT2D eigenvalue weighted by atomic mass is 16.4. The molecule has 0 fully saturated rings. The normalized spacial score (nSPS) is 11.7. The highest BCUT2D eigenvalue weighted by molar-refractivity contribution is 6.21. The number of aromatic nitrogens is 2. The lowest BCUT2D eigenvalue weighted by atomic mass is 9.95. The predicted octanol–water partition coefficient (Wildman–Crippen LogP) is 8.98. The number of aromatic hydroxyl groups is 1. The minimum Gasteiger partial charge on any atom is -0.507 e. The average Bonchev–Trinajstić information content (AvgIpc) is 3.59. The van der Waals surface area contributed by atoms with Gasteiger partial charge in [0.25, 0.3) is 0 Å². The topological polar surface area (TPSA) is 72.3 Å². The fourth-order valence-electron chi connectivity index (χ4n) is 5.49. The summed E-state index contributed by atoms with van der Waals surface area (Å²) in [5.41, 5.74) is 8.56. The van der Waals surface area contributed by atoms with E-state index < -0.39 is 0 Å². The molecule has 0 unspecified atom stereocenters. The Morgan fingerprint density at radius 3 is 2.21 bits per heavy atom. The molecule has 39 heavy (non-hydrogen) atoms. The van der Waals surface area contributed by atoms with Crippen LogP contribution >= 0.6 is 0 Å². The molecule has 3 aromatic heterocycles. The minimum absolute atomic E-state index is 0.132. The molecular formula is C34H20N2O3. The van der Waals surface area contributed by atoms with Crippen LogP contribution in [0.5, 0.6) is 5.75 Å². The second kappa shape index (κ2) is 8.30. The molecule has 0 saturated heterocycles. The highest BCUT2D eigenvalue weighted by Crippen LogP contribution is 2.41. The van der Waals surface area contributed by atoms with Crippen molar-refractivity contribution >= 4 is 43.9 Å². The van der Waals surface area contributed by atoms with Crippen molar-refractivity contribution in [2.45, 2.75) is 0 Å². The lowest BCUT2D eigenvalue weighted by molar-refractivity contribution is 0.474. The lowest BCUT2D eigenvalue weighted by Crippen LogP contribution is -1.87. The molecule has 1 N–H and O–H groups in total. The molecule has 0 spiro atoms. The molecule has 5 aromatic carbocycles. The maximum atomic E-state index is 10.3. The standard InChI is InChI=1S/C34H20N2O3/c37-27-14-3-1-10-23(27)34-36-33-22(12-6-16-29(33)39-34)20-8-5-9-21(18-20)26-19-30-31(25-13-7-17-35-32(25)26)24-11-2-4-15-28(24)38-30/h1-19,37H. The first-order valence-electron chi connectivity index (χ1n) is 12.7. The zero-order chi connectivity index (χ0) is 25.9. The highest BCUT2D eigenvalue weighted by Gasteiger charge is 2.18.